The molecule has 1 aliphatic heterocycles. The molecule has 1 fully saturated rings. The Balaban J connectivity index is 1.81. The number of carbonyl (C=O) groups excluding carboxylic acids is 2. The van der Waals surface area contributed by atoms with Crippen LogP contribution in [0.15, 0.2) is 48.5 Å². The monoisotopic (exact) mass is 404 g/mol. The van der Waals surface area contributed by atoms with Crippen LogP contribution < -0.4 is 10.2 Å². The molecule has 0 spiro atoms. The third-order valence-electron chi connectivity index (χ3n) is 4.47. The van der Waals surface area contributed by atoms with Crippen molar-refractivity contribution in [1.82, 2.24) is 10.4 Å². The molecule has 148 valence electrons. The van der Waals surface area contributed by atoms with Crippen LogP contribution in [0.3, 0.4) is 0 Å². The van der Waals surface area contributed by atoms with Crippen LogP contribution in [-0.2, 0) is 14.6 Å². The highest BCUT2D eigenvalue weighted by atomic mass is 32.2. The van der Waals surface area contributed by atoms with E-state index in [4.69, 9.17) is 9.94 Å². The molecule has 0 bridgehead atoms. The molecule has 0 radical (unpaired) electrons. The quantitative estimate of drug-likeness (QED) is 0.576. The van der Waals surface area contributed by atoms with Crippen molar-refractivity contribution in [3.8, 4) is 16.9 Å². The van der Waals surface area contributed by atoms with Crippen LogP contribution in [0.4, 0.5) is 0 Å². The number of benzene rings is 2. The second kappa shape index (κ2) is 7.99. The zero-order chi connectivity index (χ0) is 20.3. The Morgan fingerprint density at radius 2 is 1.68 bits per heavy atom. The Morgan fingerprint density at radius 1 is 1.11 bits per heavy atom. The lowest BCUT2D eigenvalue weighted by Gasteiger charge is -2.21. The summed E-state index contributed by atoms with van der Waals surface area (Å²) in [6.07, 6.45) is 0. The van der Waals surface area contributed by atoms with Gasteiger partial charge in [-0.05, 0) is 42.3 Å². The molecular formula is C19H20N2O6S. The van der Waals surface area contributed by atoms with Gasteiger partial charge in [-0.15, -0.1) is 0 Å². The third-order valence-corrected chi connectivity index (χ3v) is 6.37. The van der Waals surface area contributed by atoms with Crippen LogP contribution in [0, 0.1) is 0 Å². The van der Waals surface area contributed by atoms with Gasteiger partial charge in [0.1, 0.15) is 5.75 Å². The largest absolute Gasteiger partial charge is 0.494 e. The van der Waals surface area contributed by atoms with Gasteiger partial charge in [0.05, 0.1) is 12.4 Å². The van der Waals surface area contributed by atoms with E-state index in [9.17, 15) is 18.0 Å². The lowest BCUT2D eigenvalue weighted by atomic mass is 10.0. The number of nitrogens with one attached hydrogen (secondary N) is 1. The normalized spacial score (nSPS) is 17.9. The number of amides is 2. The average Bonchev–Trinajstić information content (AvgIpc) is 3.03. The first-order valence-corrected chi connectivity index (χ1v) is 10.4. The van der Waals surface area contributed by atoms with Crippen molar-refractivity contribution in [3.63, 3.8) is 0 Å². The number of sulfone groups is 1. The number of nitrogens with zero attached hydrogens (tertiary/aromatic N) is 1. The van der Waals surface area contributed by atoms with Gasteiger partial charge in [-0.2, -0.15) is 0 Å². The minimum absolute atomic E-state index is 0.111. The van der Waals surface area contributed by atoms with Gasteiger partial charge in [-0.1, -0.05) is 24.3 Å². The molecule has 1 aliphatic rings. The van der Waals surface area contributed by atoms with Crippen LogP contribution in [0.1, 0.15) is 17.3 Å². The van der Waals surface area contributed by atoms with E-state index in [-0.39, 0.29) is 17.9 Å². The molecule has 2 N–H and O–H groups in total. The predicted octanol–water partition coefficient (Wildman–Crippen LogP) is 1.45. The molecule has 3 rings (SSSR count). The Morgan fingerprint density at radius 3 is 2.21 bits per heavy atom. The van der Waals surface area contributed by atoms with E-state index in [2.05, 4.69) is 0 Å². The minimum atomic E-state index is -3.84. The topological polar surface area (TPSA) is 113 Å². The van der Waals surface area contributed by atoms with Gasteiger partial charge in [-0.3, -0.25) is 14.8 Å². The lowest BCUT2D eigenvalue weighted by Crippen LogP contribution is -2.47. The number of hydrogen-bond donors (Lipinski definition) is 2. The number of carbonyl (C=O) groups is 2. The summed E-state index contributed by atoms with van der Waals surface area (Å²) < 4.78 is 29.5. The molecule has 0 saturated carbocycles. The number of hydroxylamine groups is 1. The van der Waals surface area contributed by atoms with Crippen LogP contribution in [0.2, 0.25) is 0 Å². The number of hydrogen-bond acceptors (Lipinski definition) is 6. The van der Waals surface area contributed by atoms with Gasteiger partial charge in [0.15, 0.2) is 9.84 Å². The van der Waals surface area contributed by atoms with E-state index in [0.717, 1.165) is 21.8 Å². The van der Waals surface area contributed by atoms with Crippen LogP contribution >= 0.6 is 0 Å². The summed E-state index contributed by atoms with van der Waals surface area (Å²) in [5, 5.41) is 7.08. The van der Waals surface area contributed by atoms with E-state index in [1.165, 1.54) is 5.48 Å². The maximum Gasteiger partial charge on any atom is 0.281 e. The standard InChI is InChI=1S/C19H20N2O6S/c1-2-27-16-9-7-14(8-10-16)13-3-5-15(6-4-13)18(23)21-11-12-28(25,26)19(21)17(22)20-24/h3-10,19,24H,2,11-12H2,1H3,(H,20,22)/t19-/m0/s1. The van der Waals surface area contributed by atoms with Crippen molar-refractivity contribution in [2.75, 3.05) is 18.9 Å². The SMILES string of the molecule is CCOc1ccc(-c2ccc(C(=O)N3CCS(=O)(=O)[C@H]3C(=O)NO)cc2)cc1. The Hall–Kier alpha value is -2.91. The highest BCUT2D eigenvalue weighted by Crippen LogP contribution is 2.25. The second-order valence-corrected chi connectivity index (χ2v) is 8.41. The van der Waals surface area contributed by atoms with Crippen molar-refractivity contribution in [1.29, 1.82) is 0 Å². The molecule has 2 amide bonds. The first-order valence-electron chi connectivity index (χ1n) is 8.67. The number of rotatable bonds is 5. The van der Waals surface area contributed by atoms with Crippen LogP contribution in [-0.4, -0.2) is 54.6 Å². The maximum atomic E-state index is 12.7. The molecular weight excluding hydrogens is 384 g/mol. The van der Waals surface area contributed by atoms with Gasteiger partial charge in [0.2, 0.25) is 5.37 Å². The smallest absolute Gasteiger partial charge is 0.281 e. The van der Waals surface area contributed by atoms with Gasteiger partial charge in [0.25, 0.3) is 11.8 Å². The summed E-state index contributed by atoms with van der Waals surface area (Å²) in [6, 6.07) is 14.1. The summed E-state index contributed by atoms with van der Waals surface area (Å²) in [5.74, 6) is -1.30. The Labute approximate surface area is 162 Å². The molecule has 2 aromatic rings. The third kappa shape index (κ3) is 3.85. The second-order valence-electron chi connectivity index (χ2n) is 6.23. The predicted molar refractivity (Wildman–Crippen MR) is 102 cm³/mol. The number of ether oxygens (including phenoxy) is 1. The van der Waals surface area contributed by atoms with E-state index < -0.39 is 27.0 Å². The summed E-state index contributed by atoms with van der Waals surface area (Å²) in [6.45, 7) is 2.38. The highest BCUT2D eigenvalue weighted by molar-refractivity contribution is 7.93. The highest BCUT2D eigenvalue weighted by Gasteiger charge is 2.46. The summed E-state index contributed by atoms with van der Waals surface area (Å²) >= 11 is 0. The minimum Gasteiger partial charge on any atom is -0.494 e. The average molecular weight is 404 g/mol. The Kier molecular flexibility index (Phi) is 5.66. The van der Waals surface area contributed by atoms with Crippen molar-refractivity contribution >= 4 is 21.7 Å². The van der Waals surface area contributed by atoms with Gasteiger partial charge in [0, 0.05) is 12.1 Å². The fourth-order valence-electron chi connectivity index (χ4n) is 3.10. The molecule has 1 atom stereocenters. The van der Waals surface area contributed by atoms with E-state index in [0.29, 0.717) is 6.61 Å². The zero-order valence-corrected chi connectivity index (χ0v) is 16.0. The van der Waals surface area contributed by atoms with Crippen LogP contribution in [0.25, 0.3) is 11.1 Å². The van der Waals surface area contributed by atoms with Gasteiger partial charge in [-0.25, -0.2) is 13.9 Å². The van der Waals surface area contributed by atoms with Gasteiger partial charge >= 0.3 is 0 Å². The van der Waals surface area contributed by atoms with Crippen molar-refractivity contribution < 1.29 is 28.0 Å². The molecule has 9 heteroatoms. The molecule has 8 nitrogen and oxygen atoms in total. The van der Waals surface area contributed by atoms with Crippen molar-refractivity contribution in [2.45, 2.75) is 12.3 Å². The van der Waals surface area contributed by atoms with E-state index in [1.54, 1.807) is 24.3 Å². The lowest BCUT2D eigenvalue weighted by molar-refractivity contribution is -0.131. The molecule has 1 heterocycles. The van der Waals surface area contributed by atoms with Crippen molar-refractivity contribution in [3.05, 3.63) is 54.1 Å². The fourth-order valence-corrected chi connectivity index (χ4v) is 4.74. The fraction of sp³-hybridized carbons (Fsp3) is 0.263. The zero-order valence-electron chi connectivity index (χ0n) is 15.2. The molecule has 2 aromatic carbocycles. The molecule has 0 aromatic heterocycles. The maximum absolute atomic E-state index is 12.7. The summed E-state index contributed by atoms with van der Waals surface area (Å²) in [4.78, 5) is 25.4. The first-order chi connectivity index (χ1) is 13.4. The molecule has 28 heavy (non-hydrogen) atoms. The molecule has 0 aliphatic carbocycles. The Bertz CT molecular complexity index is 970. The molecule has 1 saturated heterocycles. The van der Waals surface area contributed by atoms with E-state index >= 15 is 0 Å². The van der Waals surface area contributed by atoms with Gasteiger partial charge < -0.3 is 9.64 Å². The van der Waals surface area contributed by atoms with E-state index in [1.807, 2.05) is 31.2 Å². The van der Waals surface area contributed by atoms with Crippen LogP contribution in [0.5, 0.6) is 5.75 Å². The first kappa shape index (κ1) is 19.8. The summed E-state index contributed by atoms with van der Waals surface area (Å²) in [7, 11) is -3.84. The molecule has 0 unspecified atom stereocenters. The summed E-state index contributed by atoms with van der Waals surface area (Å²) in [5.41, 5.74) is 3.38. The van der Waals surface area contributed by atoms with Crippen molar-refractivity contribution in [2.24, 2.45) is 0 Å².